The molecule has 7 rings (SSSR count). The maximum Gasteiger partial charge on any atom is 0.254 e. The lowest BCUT2D eigenvalue weighted by atomic mass is 10.0. The molecule has 3 aromatic heterocycles. The Bertz CT molecular complexity index is 1630. The van der Waals surface area contributed by atoms with Crippen molar-refractivity contribution < 1.29 is 14.6 Å². The monoisotopic (exact) mass is 528 g/mol. The van der Waals surface area contributed by atoms with Crippen molar-refractivity contribution >= 4 is 28.0 Å². The molecule has 9 nitrogen and oxygen atoms in total. The molecule has 0 unspecified atom stereocenters. The number of carbonyl (C=O) groups is 1. The molecular formula is C30H36N6O3. The molecule has 2 bridgehead atoms. The number of fused-ring (bicyclic) bond motifs is 4. The topological polar surface area (TPSA) is 111 Å². The van der Waals surface area contributed by atoms with Gasteiger partial charge < -0.3 is 29.6 Å². The Balaban J connectivity index is 1.35. The minimum absolute atomic E-state index is 0.00347. The highest BCUT2D eigenvalue weighted by molar-refractivity contribution is 6.00. The lowest BCUT2D eigenvalue weighted by molar-refractivity contribution is 0.0699. The van der Waals surface area contributed by atoms with E-state index in [1.165, 1.54) is 12.8 Å². The highest BCUT2D eigenvalue weighted by Gasteiger charge is 2.47. The number of nitrogens with zero attached hydrogens (tertiary/aromatic N) is 5. The van der Waals surface area contributed by atoms with Gasteiger partial charge in [0.25, 0.3) is 5.91 Å². The number of rotatable bonds is 6. The van der Waals surface area contributed by atoms with Gasteiger partial charge in [0.15, 0.2) is 5.82 Å². The Morgan fingerprint density at radius 3 is 2.59 bits per heavy atom. The second kappa shape index (κ2) is 8.53. The molecule has 2 aliphatic carbocycles. The molecular weight excluding hydrogens is 492 g/mol. The summed E-state index contributed by atoms with van der Waals surface area (Å²) in [6.07, 6.45) is 4.48. The maximum atomic E-state index is 13.6. The van der Waals surface area contributed by atoms with E-state index in [2.05, 4.69) is 10.6 Å². The molecule has 4 heterocycles. The summed E-state index contributed by atoms with van der Waals surface area (Å²) in [7, 11) is 3.62. The summed E-state index contributed by atoms with van der Waals surface area (Å²) in [5.41, 5.74) is 9.96. The highest BCUT2D eigenvalue weighted by atomic mass is 16.5. The molecule has 4 aromatic rings. The lowest BCUT2D eigenvalue weighted by Crippen LogP contribution is -2.41. The molecule has 0 radical (unpaired) electrons. The average Bonchev–Trinajstić information content (AvgIpc) is 3.31. The molecule has 9 heteroatoms. The zero-order valence-electron chi connectivity index (χ0n) is 23.0. The van der Waals surface area contributed by atoms with Crippen LogP contribution in [0.15, 0.2) is 30.3 Å². The summed E-state index contributed by atoms with van der Waals surface area (Å²) < 4.78 is 10.1. The Labute approximate surface area is 227 Å². The van der Waals surface area contributed by atoms with Gasteiger partial charge in [-0.05, 0) is 81.7 Å². The molecule has 3 aliphatic rings. The van der Waals surface area contributed by atoms with Crippen molar-refractivity contribution in [3.63, 3.8) is 0 Å². The van der Waals surface area contributed by atoms with Crippen LogP contribution in [0.2, 0.25) is 0 Å². The number of hydrogen-bond donors (Lipinski definition) is 2. The van der Waals surface area contributed by atoms with E-state index in [0.717, 1.165) is 59.5 Å². The third-order valence-corrected chi connectivity index (χ3v) is 9.05. The van der Waals surface area contributed by atoms with Crippen molar-refractivity contribution in [3.05, 3.63) is 41.6 Å². The SMILES string of the molecule is COc1cc(C(=O)N2C[C@H]3CC[C@@H]2[C@@H]3N)cc2nc(-c3cc4ccc(C(C)(C)O)nc4n3CC3CC3)n(C)c12. The van der Waals surface area contributed by atoms with Gasteiger partial charge in [0.05, 0.1) is 24.0 Å². The van der Waals surface area contributed by atoms with Crippen LogP contribution in [0.4, 0.5) is 0 Å². The third kappa shape index (κ3) is 3.85. The number of nitrogens with two attached hydrogens (primary N) is 1. The lowest BCUT2D eigenvalue weighted by Gasteiger charge is -2.27. The van der Waals surface area contributed by atoms with E-state index in [9.17, 15) is 9.90 Å². The number of hydrogen-bond acceptors (Lipinski definition) is 6. The van der Waals surface area contributed by atoms with Gasteiger partial charge in [0.2, 0.25) is 0 Å². The van der Waals surface area contributed by atoms with E-state index >= 15 is 0 Å². The number of benzene rings is 1. The van der Waals surface area contributed by atoms with Gasteiger partial charge in [0, 0.05) is 43.2 Å². The number of likely N-dealkylation sites (tertiary alicyclic amines) is 1. The van der Waals surface area contributed by atoms with Gasteiger partial charge in [0.1, 0.15) is 22.5 Å². The second-order valence-corrected chi connectivity index (χ2v) is 12.2. The number of piperidine rings is 1. The third-order valence-electron chi connectivity index (χ3n) is 9.05. The molecule has 3 atom stereocenters. The number of pyridine rings is 1. The van der Waals surface area contributed by atoms with Crippen LogP contribution in [0.25, 0.3) is 33.6 Å². The standard InChI is InChI=1S/C30H36N6O3/c1-30(2,38)24-10-8-17-12-22(35(27(17)33-24)14-16-5-6-16)28-32-20-11-19(13-23(39-4)26(20)34(28)3)29(37)36-15-18-7-9-21(36)25(18)31/h8,10-13,16,18,21,25,38H,5-7,9,14-15,31H2,1-4H3/t18-,21-,25-/m1/s1. The molecule has 1 aliphatic heterocycles. The molecule has 1 saturated heterocycles. The molecule has 39 heavy (non-hydrogen) atoms. The Morgan fingerprint density at radius 2 is 1.95 bits per heavy atom. The van der Waals surface area contributed by atoms with Crippen LogP contribution < -0.4 is 10.5 Å². The number of methoxy groups -OCH3 is 1. The molecule has 3 fully saturated rings. The summed E-state index contributed by atoms with van der Waals surface area (Å²) in [6, 6.07) is 9.95. The number of aromatic nitrogens is 4. The van der Waals surface area contributed by atoms with Gasteiger partial charge in [-0.2, -0.15) is 0 Å². The number of aliphatic hydroxyl groups is 1. The predicted molar refractivity (Wildman–Crippen MR) is 149 cm³/mol. The van der Waals surface area contributed by atoms with Crippen LogP contribution in [-0.4, -0.2) is 60.8 Å². The predicted octanol–water partition coefficient (Wildman–Crippen LogP) is 3.80. The van der Waals surface area contributed by atoms with Crippen LogP contribution in [0.3, 0.4) is 0 Å². The summed E-state index contributed by atoms with van der Waals surface area (Å²) in [5, 5.41) is 11.6. The minimum atomic E-state index is -1.03. The van der Waals surface area contributed by atoms with E-state index < -0.39 is 5.60 Å². The van der Waals surface area contributed by atoms with Crippen molar-refractivity contribution in [2.45, 2.75) is 63.8 Å². The van der Waals surface area contributed by atoms with Crippen molar-refractivity contribution in [3.8, 4) is 17.3 Å². The number of imidazole rings is 1. The van der Waals surface area contributed by atoms with Crippen molar-refractivity contribution in [2.24, 2.45) is 24.6 Å². The van der Waals surface area contributed by atoms with Crippen LogP contribution in [-0.2, 0) is 19.2 Å². The van der Waals surface area contributed by atoms with Crippen molar-refractivity contribution in [1.29, 1.82) is 0 Å². The van der Waals surface area contributed by atoms with Crippen molar-refractivity contribution in [1.82, 2.24) is 24.0 Å². The molecule has 3 N–H and O–H groups in total. The quantitative estimate of drug-likeness (QED) is 0.394. The van der Waals surface area contributed by atoms with Crippen LogP contribution in [0.1, 0.15) is 55.6 Å². The number of aryl methyl sites for hydroxylation is 1. The Hall–Kier alpha value is -3.43. The Morgan fingerprint density at radius 1 is 1.15 bits per heavy atom. The van der Waals surface area contributed by atoms with Gasteiger partial charge >= 0.3 is 0 Å². The number of carbonyl (C=O) groups excluding carboxylic acids is 1. The molecule has 2 saturated carbocycles. The van der Waals surface area contributed by atoms with Gasteiger partial charge in [-0.15, -0.1) is 0 Å². The van der Waals surface area contributed by atoms with E-state index in [4.69, 9.17) is 20.4 Å². The summed E-state index contributed by atoms with van der Waals surface area (Å²) in [6.45, 7) is 5.09. The first kappa shape index (κ1) is 24.6. The zero-order valence-corrected chi connectivity index (χ0v) is 23.0. The second-order valence-electron chi connectivity index (χ2n) is 12.2. The summed E-state index contributed by atoms with van der Waals surface area (Å²) >= 11 is 0. The van der Waals surface area contributed by atoms with Crippen LogP contribution in [0.5, 0.6) is 5.75 Å². The minimum Gasteiger partial charge on any atom is -0.494 e. The fourth-order valence-corrected chi connectivity index (χ4v) is 6.66. The first-order valence-corrected chi connectivity index (χ1v) is 14.0. The fourth-order valence-electron chi connectivity index (χ4n) is 6.66. The average molecular weight is 529 g/mol. The first-order chi connectivity index (χ1) is 18.6. The van der Waals surface area contributed by atoms with Crippen LogP contribution in [0, 0.1) is 11.8 Å². The summed E-state index contributed by atoms with van der Waals surface area (Å²) in [4.78, 5) is 25.5. The highest BCUT2D eigenvalue weighted by Crippen LogP contribution is 2.40. The molecule has 1 amide bonds. The normalized spacial score (nSPS) is 22.9. The molecule has 0 spiro atoms. The van der Waals surface area contributed by atoms with Gasteiger partial charge in [-0.25, -0.2) is 9.97 Å². The number of ether oxygens (including phenoxy) is 1. The van der Waals surface area contributed by atoms with Gasteiger partial charge in [-0.3, -0.25) is 4.79 Å². The molecule has 204 valence electrons. The zero-order chi connectivity index (χ0) is 27.2. The van der Waals surface area contributed by atoms with Crippen LogP contribution >= 0.6 is 0 Å². The van der Waals surface area contributed by atoms with E-state index in [0.29, 0.717) is 28.8 Å². The largest absolute Gasteiger partial charge is 0.494 e. The van der Waals surface area contributed by atoms with Gasteiger partial charge in [-0.1, -0.05) is 0 Å². The number of amides is 1. The maximum absolute atomic E-state index is 13.6. The summed E-state index contributed by atoms with van der Waals surface area (Å²) in [5.74, 6) is 2.42. The fraction of sp³-hybridized carbons (Fsp3) is 0.500. The van der Waals surface area contributed by atoms with E-state index in [1.54, 1.807) is 21.0 Å². The molecule has 1 aromatic carbocycles. The Kier molecular flexibility index (Phi) is 5.38. The van der Waals surface area contributed by atoms with E-state index in [1.807, 2.05) is 40.8 Å². The first-order valence-electron chi connectivity index (χ1n) is 14.0. The van der Waals surface area contributed by atoms with Crippen molar-refractivity contribution in [2.75, 3.05) is 13.7 Å². The smallest absolute Gasteiger partial charge is 0.254 e. The van der Waals surface area contributed by atoms with E-state index in [-0.39, 0.29) is 18.0 Å².